The van der Waals surface area contributed by atoms with Crippen molar-refractivity contribution in [3.63, 3.8) is 0 Å². The molecule has 3 aromatic rings. The van der Waals surface area contributed by atoms with Crippen molar-refractivity contribution in [1.29, 1.82) is 0 Å². The van der Waals surface area contributed by atoms with E-state index >= 15 is 0 Å². The largest absolute Gasteiger partial charge is 0.457 e. The number of likely N-dealkylation sites (N-methyl/N-ethyl adjacent to an activating group) is 1. The zero-order valence-corrected chi connectivity index (χ0v) is 19.6. The number of amides is 1. The predicted molar refractivity (Wildman–Crippen MR) is 128 cm³/mol. The fourth-order valence-electron chi connectivity index (χ4n) is 3.70. The van der Waals surface area contributed by atoms with Gasteiger partial charge in [0.05, 0.1) is 0 Å². The van der Waals surface area contributed by atoms with Gasteiger partial charge in [-0.1, -0.05) is 25.1 Å². The maximum absolute atomic E-state index is 14.5. The molecule has 0 saturated carbocycles. The number of rotatable bonds is 7. The highest BCUT2D eigenvalue weighted by Gasteiger charge is 2.31. The number of halogens is 1. The third-order valence-electron chi connectivity index (χ3n) is 5.68. The number of carbonyl (C=O) groups excluding carboxylic acids is 1. The van der Waals surface area contributed by atoms with Gasteiger partial charge < -0.3 is 15.0 Å². The first kappa shape index (κ1) is 23.9. The quantitative estimate of drug-likeness (QED) is 0.545. The minimum atomic E-state index is -4.05. The first-order valence-corrected chi connectivity index (χ1v) is 12.5. The van der Waals surface area contributed by atoms with Gasteiger partial charge in [0, 0.05) is 37.4 Å². The molecule has 0 unspecified atom stereocenters. The van der Waals surface area contributed by atoms with Crippen molar-refractivity contribution in [2.75, 3.05) is 38.0 Å². The average Bonchev–Trinajstić information content (AvgIpc) is 2.86. The van der Waals surface area contributed by atoms with E-state index in [1.807, 2.05) is 37.3 Å². The summed E-state index contributed by atoms with van der Waals surface area (Å²) in [6, 6.07) is 19.4. The summed E-state index contributed by atoms with van der Waals surface area (Å²) in [5.41, 5.74) is 0.548. The van der Waals surface area contributed by atoms with Crippen molar-refractivity contribution in [3.8, 4) is 11.5 Å². The Morgan fingerprint density at radius 3 is 2.24 bits per heavy atom. The molecular formula is C25H26FN3O4S. The monoisotopic (exact) mass is 483 g/mol. The van der Waals surface area contributed by atoms with Gasteiger partial charge in [-0.25, -0.2) is 12.8 Å². The third kappa shape index (κ3) is 5.44. The molecule has 34 heavy (non-hydrogen) atoms. The van der Waals surface area contributed by atoms with E-state index in [1.165, 1.54) is 10.4 Å². The van der Waals surface area contributed by atoms with Crippen LogP contribution >= 0.6 is 0 Å². The van der Waals surface area contributed by atoms with E-state index in [-0.39, 0.29) is 18.7 Å². The number of anilines is 1. The van der Waals surface area contributed by atoms with E-state index in [2.05, 4.69) is 10.2 Å². The molecule has 9 heteroatoms. The molecule has 1 fully saturated rings. The Bertz CT molecular complexity index is 1240. The fraction of sp³-hybridized carbons (Fsp3) is 0.240. The smallest absolute Gasteiger partial charge is 0.255 e. The van der Waals surface area contributed by atoms with Gasteiger partial charge in [0.25, 0.3) is 5.91 Å². The number of carbonyl (C=O) groups is 1. The van der Waals surface area contributed by atoms with Crippen molar-refractivity contribution in [2.24, 2.45) is 0 Å². The van der Waals surface area contributed by atoms with E-state index in [9.17, 15) is 17.6 Å². The molecule has 1 aliphatic heterocycles. The Morgan fingerprint density at radius 1 is 0.941 bits per heavy atom. The van der Waals surface area contributed by atoms with Crippen LogP contribution in [0.4, 0.5) is 10.1 Å². The lowest BCUT2D eigenvalue weighted by Gasteiger charge is -2.33. The van der Waals surface area contributed by atoms with Crippen molar-refractivity contribution < 1.29 is 22.3 Å². The maximum Gasteiger partial charge on any atom is 0.255 e. The van der Waals surface area contributed by atoms with Crippen LogP contribution in [-0.2, 0) is 10.0 Å². The van der Waals surface area contributed by atoms with Crippen LogP contribution < -0.4 is 10.1 Å². The van der Waals surface area contributed by atoms with Crippen LogP contribution in [0.25, 0.3) is 0 Å². The highest BCUT2D eigenvalue weighted by atomic mass is 32.2. The average molecular weight is 484 g/mol. The van der Waals surface area contributed by atoms with Crippen LogP contribution in [0.2, 0.25) is 0 Å². The number of hydrogen-bond donors (Lipinski definition) is 1. The fourth-order valence-corrected chi connectivity index (χ4v) is 5.21. The maximum atomic E-state index is 14.5. The van der Waals surface area contributed by atoms with Gasteiger partial charge in [-0.3, -0.25) is 4.79 Å². The summed E-state index contributed by atoms with van der Waals surface area (Å²) in [4.78, 5) is 14.4. The van der Waals surface area contributed by atoms with Crippen molar-refractivity contribution in [3.05, 3.63) is 84.2 Å². The van der Waals surface area contributed by atoms with Gasteiger partial charge in [0.1, 0.15) is 22.2 Å². The molecule has 0 aliphatic carbocycles. The highest BCUT2D eigenvalue weighted by Crippen LogP contribution is 2.25. The van der Waals surface area contributed by atoms with Crippen molar-refractivity contribution in [1.82, 2.24) is 9.21 Å². The van der Waals surface area contributed by atoms with Gasteiger partial charge in [0.15, 0.2) is 0 Å². The number of nitrogens with zero attached hydrogens (tertiary/aromatic N) is 2. The van der Waals surface area contributed by atoms with E-state index in [1.54, 1.807) is 24.3 Å². The predicted octanol–water partition coefficient (Wildman–Crippen LogP) is 4.20. The Hall–Kier alpha value is -3.27. The van der Waals surface area contributed by atoms with Crippen LogP contribution in [-0.4, -0.2) is 56.3 Å². The summed E-state index contributed by atoms with van der Waals surface area (Å²) in [7, 11) is -4.05. The van der Waals surface area contributed by atoms with Crippen LogP contribution in [0.1, 0.15) is 17.3 Å². The summed E-state index contributed by atoms with van der Waals surface area (Å²) in [6.07, 6.45) is 0. The van der Waals surface area contributed by atoms with Gasteiger partial charge in [0.2, 0.25) is 10.0 Å². The van der Waals surface area contributed by atoms with E-state index < -0.39 is 26.6 Å². The second-order valence-corrected chi connectivity index (χ2v) is 9.78. The van der Waals surface area contributed by atoms with E-state index in [0.717, 1.165) is 18.7 Å². The summed E-state index contributed by atoms with van der Waals surface area (Å²) in [6.45, 7) is 4.57. The number of sulfonamides is 1. The molecule has 7 nitrogen and oxygen atoms in total. The van der Waals surface area contributed by atoms with Gasteiger partial charge in [-0.2, -0.15) is 4.31 Å². The zero-order chi connectivity index (χ0) is 24.1. The van der Waals surface area contributed by atoms with E-state index in [0.29, 0.717) is 30.3 Å². The molecule has 0 radical (unpaired) electrons. The number of hydrogen-bond acceptors (Lipinski definition) is 5. The molecule has 0 aromatic heterocycles. The zero-order valence-electron chi connectivity index (χ0n) is 18.8. The van der Waals surface area contributed by atoms with Crippen LogP contribution in [0.5, 0.6) is 11.5 Å². The normalized spacial score (nSPS) is 15.1. The van der Waals surface area contributed by atoms with Crippen molar-refractivity contribution in [2.45, 2.75) is 11.8 Å². The molecule has 0 bridgehead atoms. The molecule has 1 amide bonds. The molecule has 0 spiro atoms. The molecule has 1 saturated heterocycles. The molecule has 1 N–H and O–H groups in total. The second-order valence-electron chi connectivity index (χ2n) is 7.88. The lowest BCUT2D eigenvalue weighted by Crippen LogP contribution is -2.48. The molecule has 1 heterocycles. The topological polar surface area (TPSA) is 79.0 Å². The summed E-state index contributed by atoms with van der Waals surface area (Å²) >= 11 is 0. The SMILES string of the molecule is CCN1CCN(S(=O)(=O)c2cc(C(=O)Nc3ccc(Oc4ccccc4)cc3)ccc2F)CC1. The first-order valence-electron chi connectivity index (χ1n) is 11.0. The number of benzene rings is 3. The number of para-hydroxylation sites is 1. The third-order valence-corrected chi connectivity index (χ3v) is 7.59. The molecular weight excluding hydrogens is 457 g/mol. The minimum Gasteiger partial charge on any atom is -0.457 e. The summed E-state index contributed by atoms with van der Waals surface area (Å²) < 4.78 is 47.6. The lowest BCUT2D eigenvalue weighted by molar-refractivity contribution is 0.102. The molecule has 178 valence electrons. The Kier molecular flexibility index (Phi) is 7.26. The minimum absolute atomic E-state index is 0.0526. The number of nitrogens with one attached hydrogen (secondary N) is 1. The first-order chi connectivity index (χ1) is 16.4. The number of ether oxygens (including phenoxy) is 1. The van der Waals surface area contributed by atoms with E-state index in [4.69, 9.17) is 4.74 Å². The summed E-state index contributed by atoms with van der Waals surface area (Å²) in [5, 5.41) is 2.71. The van der Waals surface area contributed by atoms with Gasteiger partial charge in [-0.15, -0.1) is 0 Å². The Balaban J connectivity index is 1.46. The Morgan fingerprint density at radius 2 is 1.59 bits per heavy atom. The van der Waals surface area contributed by atoms with Crippen molar-refractivity contribution >= 4 is 21.6 Å². The molecule has 0 atom stereocenters. The summed E-state index contributed by atoms with van der Waals surface area (Å²) in [5.74, 6) is -0.126. The standard InChI is InChI=1S/C25H26FN3O4S/c1-2-28-14-16-29(17-15-28)34(31,32)24-18-19(8-13-23(24)26)25(30)27-20-9-11-22(12-10-20)33-21-6-4-3-5-7-21/h3-13,18H,2,14-17H2,1H3,(H,27,30). The molecule has 1 aliphatic rings. The lowest BCUT2D eigenvalue weighted by atomic mass is 10.2. The van der Waals surface area contributed by atoms with Crippen LogP contribution in [0.15, 0.2) is 77.7 Å². The van der Waals surface area contributed by atoms with Crippen LogP contribution in [0.3, 0.4) is 0 Å². The highest BCUT2D eigenvalue weighted by molar-refractivity contribution is 7.89. The van der Waals surface area contributed by atoms with Crippen LogP contribution in [0, 0.1) is 5.82 Å². The molecule has 3 aromatic carbocycles. The molecule has 4 rings (SSSR count). The van der Waals surface area contributed by atoms with Gasteiger partial charge in [-0.05, 0) is 61.1 Å². The second kappa shape index (κ2) is 10.3. The van der Waals surface area contributed by atoms with Gasteiger partial charge >= 0.3 is 0 Å². The number of piperazine rings is 1. The Labute approximate surface area is 198 Å².